The number of ether oxygens (including phenoxy) is 2. The molecule has 1 aromatic rings. The highest BCUT2D eigenvalue weighted by atomic mass is 19.1. The Kier molecular flexibility index (Phi) is 3.24. The molecule has 1 N–H and O–H groups in total. The second kappa shape index (κ2) is 4.53. The fourth-order valence-electron chi connectivity index (χ4n) is 2.01. The molecule has 1 heterocycles. The van der Waals surface area contributed by atoms with Crippen LogP contribution in [0.5, 0.6) is 11.5 Å². The van der Waals surface area contributed by atoms with Gasteiger partial charge in [0.2, 0.25) is 6.79 Å². The summed E-state index contributed by atoms with van der Waals surface area (Å²) in [5.74, 6) is 1.25. The predicted molar refractivity (Wildman–Crippen MR) is 62.1 cm³/mol. The Morgan fingerprint density at radius 1 is 1.29 bits per heavy atom. The lowest BCUT2D eigenvalue weighted by Crippen LogP contribution is -2.13. The number of aliphatic hydroxyl groups excluding tert-OH is 1. The van der Waals surface area contributed by atoms with Crippen molar-refractivity contribution in [2.45, 2.75) is 32.4 Å². The van der Waals surface area contributed by atoms with Gasteiger partial charge in [-0.15, -0.1) is 0 Å². The van der Waals surface area contributed by atoms with E-state index in [0.29, 0.717) is 29.9 Å². The van der Waals surface area contributed by atoms with Crippen molar-refractivity contribution in [1.29, 1.82) is 0 Å². The highest BCUT2D eigenvalue weighted by molar-refractivity contribution is 5.50. The zero-order chi connectivity index (χ0) is 12.5. The van der Waals surface area contributed by atoms with Gasteiger partial charge in [-0.1, -0.05) is 0 Å². The lowest BCUT2D eigenvalue weighted by Gasteiger charge is -2.19. The lowest BCUT2D eigenvalue weighted by molar-refractivity contribution is 0.173. The normalized spacial score (nSPS) is 14.1. The molecule has 0 bridgehead atoms. The predicted octanol–water partition coefficient (Wildman–Crippen LogP) is 2.54. The fraction of sp³-hybridized carbons (Fsp3) is 0.538. The van der Waals surface area contributed by atoms with Crippen molar-refractivity contribution in [1.82, 2.24) is 0 Å². The SMILES string of the molecule is CC(C)(F)c1cc2c(cc1CCCO)OCO2. The lowest BCUT2D eigenvalue weighted by atomic mass is 9.91. The van der Waals surface area contributed by atoms with Crippen LogP contribution in [0.3, 0.4) is 0 Å². The molecular weight excluding hydrogens is 223 g/mol. The minimum atomic E-state index is -1.42. The Balaban J connectivity index is 2.40. The van der Waals surface area contributed by atoms with Crippen LogP contribution in [0.1, 0.15) is 31.4 Å². The zero-order valence-electron chi connectivity index (χ0n) is 10.1. The van der Waals surface area contributed by atoms with Crippen molar-refractivity contribution < 1.29 is 19.0 Å². The molecule has 0 radical (unpaired) electrons. The van der Waals surface area contributed by atoms with Crippen molar-refractivity contribution in [2.75, 3.05) is 13.4 Å². The molecule has 0 aliphatic carbocycles. The Labute approximate surface area is 100 Å². The van der Waals surface area contributed by atoms with Crippen molar-refractivity contribution in [3.8, 4) is 11.5 Å². The van der Waals surface area contributed by atoms with Gasteiger partial charge >= 0.3 is 0 Å². The second-order valence-corrected chi connectivity index (χ2v) is 4.66. The fourth-order valence-corrected chi connectivity index (χ4v) is 2.01. The third kappa shape index (κ3) is 2.52. The smallest absolute Gasteiger partial charge is 0.231 e. The molecule has 0 amide bonds. The van der Waals surface area contributed by atoms with Crippen LogP contribution < -0.4 is 9.47 Å². The Hall–Kier alpha value is -1.29. The largest absolute Gasteiger partial charge is 0.454 e. The van der Waals surface area contributed by atoms with Crippen LogP contribution in [0.4, 0.5) is 4.39 Å². The molecule has 3 nitrogen and oxygen atoms in total. The van der Waals surface area contributed by atoms with E-state index >= 15 is 0 Å². The van der Waals surface area contributed by atoms with E-state index in [1.165, 1.54) is 13.8 Å². The maximum absolute atomic E-state index is 14.1. The van der Waals surface area contributed by atoms with E-state index in [1.54, 1.807) is 6.07 Å². The van der Waals surface area contributed by atoms with E-state index in [2.05, 4.69) is 0 Å². The van der Waals surface area contributed by atoms with Gasteiger partial charge < -0.3 is 14.6 Å². The molecule has 1 aromatic carbocycles. The molecule has 94 valence electrons. The molecule has 4 heteroatoms. The number of hydrogen-bond acceptors (Lipinski definition) is 3. The number of hydrogen-bond donors (Lipinski definition) is 1. The van der Waals surface area contributed by atoms with E-state index in [4.69, 9.17) is 14.6 Å². The summed E-state index contributed by atoms with van der Waals surface area (Å²) in [5.41, 5.74) is 0.0529. The van der Waals surface area contributed by atoms with E-state index in [0.717, 1.165) is 5.56 Å². The van der Waals surface area contributed by atoms with Crippen LogP contribution in [-0.4, -0.2) is 18.5 Å². The van der Waals surface area contributed by atoms with Crippen molar-refractivity contribution >= 4 is 0 Å². The van der Waals surface area contributed by atoms with Gasteiger partial charge in [0.05, 0.1) is 0 Å². The molecule has 1 aliphatic heterocycles. The van der Waals surface area contributed by atoms with Crippen LogP contribution in [-0.2, 0) is 12.1 Å². The summed E-state index contributed by atoms with van der Waals surface area (Å²) < 4.78 is 24.7. The molecule has 0 atom stereocenters. The van der Waals surface area contributed by atoms with Gasteiger partial charge in [-0.05, 0) is 49.9 Å². The molecule has 0 spiro atoms. The molecule has 2 rings (SSSR count). The number of fused-ring (bicyclic) bond motifs is 1. The first-order chi connectivity index (χ1) is 8.02. The van der Waals surface area contributed by atoms with Crippen LogP contribution in [0.15, 0.2) is 12.1 Å². The summed E-state index contributed by atoms with van der Waals surface area (Å²) in [6, 6.07) is 3.52. The molecule has 0 unspecified atom stereocenters. The van der Waals surface area contributed by atoms with Crippen LogP contribution in [0.25, 0.3) is 0 Å². The van der Waals surface area contributed by atoms with Gasteiger partial charge in [0, 0.05) is 6.61 Å². The number of aliphatic hydroxyl groups is 1. The minimum Gasteiger partial charge on any atom is -0.454 e. The third-order valence-electron chi connectivity index (χ3n) is 2.84. The molecular formula is C13H17FO3. The van der Waals surface area contributed by atoms with Gasteiger partial charge in [-0.25, -0.2) is 4.39 Å². The molecule has 1 aliphatic rings. The summed E-state index contributed by atoms with van der Waals surface area (Å²) in [6.07, 6.45) is 1.25. The van der Waals surface area contributed by atoms with E-state index in [-0.39, 0.29) is 13.4 Å². The Bertz CT molecular complexity index is 410. The van der Waals surface area contributed by atoms with Gasteiger partial charge in [-0.2, -0.15) is 0 Å². The maximum Gasteiger partial charge on any atom is 0.231 e. The minimum absolute atomic E-state index is 0.0978. The van der Waals surface area contributed by atoms with Gasteiger partial charge in [0.15, 0.2) is 11.5 Å². The zero-order valence-corrected chi connectivity index (χ0v) is 10.1. The summed E-state index contributed by atoms with van der Waals surface area (Å²) >= 11 is 0. The highest BCUT2D eigenvalue weighted by Gasteiger charge is 2.26. The van der Waals surface area contributed by atoms with E-state index < -0.39 is 5.67 Å². The Morgan fingerprint density at radius 3 is 2.53 bits per heavy atom. The quantitative estimate of drug-likeness (QED) is 0.879. The Morgan fingerprint density at radius 2 is 1.94 bits per heavy atom. The van der Waals surface area contributed by atoms with Crippen molar-refractivity contribution in [3.05, 3.63) is 23.3 Å². The molecule has 0 saturated carbocycles. The summed E-state index contributed by atoms with van der Waals surface area (Å²) in [4.78, 5) is 0. The summed E-state index contributed by atoms with van der Waals surface area (Å²) in [5, 5.41) is 8.87. The first-order valence-corrected chi connectivity index (χ1v) is 5.75. The van der Waals surface area contributed by atoms with E-state index in [1.807, 2.05) is 6.07 Å². The number of benzene rings is 1. The number of rotatable bonds is 4. The van der Waals surface area contributed by atoms with Gasteiger partial charge in [-0.3, -0.25) is 0 Å². The van der Waals surface area contributed by atoms with Crippen LogP contribution >= 0.6 is 0 Å². The number of halogens is 1. The average molecular weight is 240 g/mol. The molecule has 0 aromatic heterocycles. The summed E-state index contributed by atoms with van der Waals surface area (Å²) in [7, 11) is 0. The second-order valence-electron chi connectivity index (χ2n) is 4.66. The topological polar surface area (TPSA) is 38.7 Å². The first kappa shape index (κ1) is 12.2. The van der Waals surface area contributed by atoms with Crippen molar-refractivity contribution in [2.24, 2.45) is 0 Å². The standard InChI is InChI=1S/C13H17FO3/c1-13(2,14)10-7-12-11(16-8-17-12)6-9(10)4-3-5-15/h6-7,15H,3-5,8H2,1-2H3. The number of aryl methyl sites for hydroxylation is 1. The maximum atomic E-state index is 14.1. The molecule has 17 heavy (non-hydrogen) atoms. The van der Waals surface area contributed by atoms with Gasteiger partial charge in [0.25, 0.3) is 0 Å². The monoisotopic (exact) mass is 240 g/mol. The highest BCUT2D eigenvalue weighted by Crippen LogP contribution is 2.39. The van der Waals surface area contributed by atoms with Crippen LogP contribution in [0.2, 0.25) is 0 Å². The number of alkyl halides is 1. The van der Waals surface area contributed by atoms with Gasteiger partial charge in [0.1, 0.15) is 5.67 Å². The van der Waals surface area contributed by atoms with E-state index in [9.17, 15) is 4.39 Å². The van der Waals surface area contributed by atoms with Crippen molar-refractivity contribution in [3.63, 3.8) is 0 Å². The first-order valence-electron chi connectivity index (χ1n) is 5.75. The third-order valence-corrected chi connectivity index (χ3v) is 2.84. The average Bonchev–Trinajstić information content (AvgIpc) is 2.70. The molecule has 0 saturated heterocycles. The molecule has 0 fully saturated rings. The van der Waals surface area contributed by atoms with Crippen LogP contribution in [0, 0.1) is 0 Å². The summed E-state index contributed by atoms with van der Waals surface area (Å²) in [6.45, 7) is 3.32.